The average molecular weight is 475 g/mol. The molecule has 1 rings (SSSR count). The van der Waals surface area contributed by atoms with Gasteiger partial charge in [-0.2, -0.15) is 0 Å². The van der Waals surface area contributed by atoms with Gasteiger partial charge in [0.15, 0.2) is 0 Å². The third-order valence-corrected chi connectivity index (χ3v) is 8.07. The minimum atomic E-state index is -0.856. The van der Waals surface area contributed by atoms with Gasteiger partial charge in [-0.25, -0.2) is 0 Å². The largest absolute Gasteiger partial charge is 0.396 e. The minimum Gasteiger partial charge on any atom is -0.396 e. The lowest BCUT2D eigenvalue weighted by atomic mass is 9.54. The van der Waals surface area contributed by atoms with Gasteiger partial charge < -0.3 is 15.3 Å². The Kier molecular flexibility index (Phi) is 12.7. The fraction of sp³-hybridized carbons (Fsp3) is 0.700. The summed E-state index contributed by atoms with van der Waals surface area (Å²) in [5, 5.41) is 31.5. The van der Waals surface area contributed by atoms with Crippen LogP contribution >= 0.6 is 0 Å². The standard InChI is InChI=1S/C30H50O4/c1-22(2)11-8-12-23(3)15-16-28(33)24(4)13-9-18-29(6)27(14-10-20-31)26(25(5)21-32)17-19-30(29,7)34/h11,13,15,21,27-28,31,33-34H,8-10,12,14,16-20H2,1-7H3/b23-15+,24-13+,26-25-/t27-,28?,29+,30+/m1/s1. The number of carbonyl (C=O) groups excluding carboxylic acids is 1. The third-order valence-electron chi connectivity index (χ3n) is 8.07. The number of aliphatic hydroxyl groups is 3. The smallest absolute Gasteiger partial charge is 0.145 e. The number of aldehydes is 1. The van der Waals surface area contributed by atoms with Gasteiger partial charge in [-0.3, -0.25) is 4.79 Å². The van der Waals surface area contributed by atoms with E-state index in [-0.39, 0.29) is 12.5 Å². The second-order valence-electron chi connectivity index (χ2n) is 11.0. The first-order valence-electron chi connectivity index (χ1n) is 13.0. The van der Waals surface area contributed by atoms with Crippen molar-refractivity contribution < 1.29 is 20.1 Å². The fourth-order valence-electron chi connectivity index (χ4n) is 5.30. The van der Waals surface area contributed by atoms with E-state index in [1.807, 2.05) is 20.8 Å². The van der Waals surface area contributed by atoms with E-state index in [2.05, 4.69) is 45.9 Å². The molecule has 0 heterocycles. The number of carbonyl (C=O) groups is 1. The predicted octanol–water partition coefficient (Wildman–Crippen LogP) is 6.61. The summed E-state index contributed by atoms with van der Waals surface area (Å²) in [4.78, 5) is 11.6. The van der Waals surface area contributed by atoms with Crippen LogP contribution in [0, 0.1) is 11.3 Å². The molecule has 34 heavy (non-hydrogen) atoms. The topological polar surface area (TPSA) is 77.8 Å². The lowest BCUT2D eigenvalue weighted by Gasteiger charge is -2.53. The Hall–Kier alpha value is -1.49. The normalized spacial score (nSPS) is 28.5. The zero-order chi connectivity index (χ0) is 25.9. The van der Waals surface area contributed by atoms with Crippen molar-refractivity contribution >= 4 is 6.29 Å². The maximum absolute atomic E-state index is 11.6. The number of allylic oxidation sites excluding steroid dienone is 6. The van der Waals surface area contributed by atoms with Crippen LogP contribution in [0.15, 0.2) is 46.1 Å². The highest BCUT2D eigenvalue weighted by Crippen LogP contribution is 2.55. The molecule has 3 N–H and O–H groups in total. The Morgan fingerprint density at radius 3 is 2.35 bits per heavy atom. The molecule has 0 bridgehead atoms. The minimum absolute atomic E-state index is 0.0543. The molecule has 4 heteroatoms. The van der Waals surface area contributed by atoms with E-state index in [0.29, 0.717) is 19.3 Å². The predicted molar refractivity (Wildman–Crippen MR) is 143 cm³/mol. The number of rotatable bonds is 13. The van der Waals surface area contributed by atoms with Crippen LogP contribution in [0.4, 0.5) is 0 Å². The van der Waals surface area contributed by atoms with Crippen LogP contribution in [0.1, 0.15) is 106 Å². The van der Waals surface area contributed by atoms with Crippen LogP contribution in [0.25, 0.3) is 0 Å². The van der Waals surface area contributed by atoms with Crippen LogP contribution in [-0.4, -0.2) is 39.9 Å². The van der Waals surface area contributed by atoms with Gasteiger partial charge in [-0.15, -0.1) is 0 Å². The molecule has 0 saturated heterocycles. The summed E-state index contributed by atoms with van der Waals surface area (Å²) < 4.78 is 0. The molecule has 4 nitrogen and oxygen atoms in total. The number of aliphatic hydroxyl groups excluding tert-OH is 2. The molecule has 0 aliphatic heterocycles. The molecule has 0 spiro atoms. The molecule has 1 aliphatic rings. The zero-order valence-corrected chi connectivity index (χ0v) is 22.8. The Labute approximate surface area is 208 Å². The van der Waals surface area contributed by atoms with Crippen molar-refractivity contribution in [2.45, 2.75) is 118 Å². The van der Waals surface area contributed by atoms with E-state index in [1.54, 1.807) is 0 Å². The Morgan fingerprint density at radius 2 is 1.76 bits per heavy atom. The van der Waals surface area contributed by atoms with Gasteiger partial charge in [-0.05, 0) is 116 Å². The van der Waals surface area contributed by atoms with Gasteiger partial charge >= 0.3 is 0 Å². The quantitative estimate of drug-likeness (QED) is 0.159. The Bertz CT molecular complexity index is 780. The van der Waals surface area contributed by atoms with E-state index in [4.69, 9.17) is 0 Å². The molecule has 0 aromatic carbocycles. The fourth-order valence-corrected chi connectivity index (χ4v) is 5.30. The maximum Gasteiger partial charge on any atom is 0.145 e. The molecule has 0 aromatic heterocycles. The summed E-state index contributed by atoms with van der Waals surface area (Å²) in [6, 6.07) is 0. The van der Waals surface area contributed by atoms with Gasteiger partial charge in [0, 0.05) is 12.0 Å². The van der Waals surface area contributed by atoms with Gasteiger partial charge in [0.1, 0.15) is 6.29 Å². The van der Waals surface area contributed by atoms with E-state index in [1.165, 1.54) is 11.1 Å². The molecular weight excluding hydrogens is 424 g/mol. The molecular formula is C30H50O4. The first-order chi connectivity index (χ1) is 15.9. The summed E-state index contributed by atoms with van der Waals surface area (Å²) in [7, 11) is 0. The highest BCUT2D eigenvalue weighted by molar-refractivity contribution is 5.74. The lowest BCUT2D eigenvalue weighted by molar-refractivity contribution is -0.115. The van der Waals surface area contributed by atoms with Crippen LogP contribution in [-0.2, 0) is 4.79 Å². The van der Waals surface area contributed by atoms with Crippen molar-refractivity contribution in [2.24, 2.45) is 11.3 Å². The van der Waals surface area contributed by atoms with Crippen molar-refractivity contribution in [1.29, 1.82) is 0 Å². The Morgan fingerprint density at radius 1 is 1.09 bits per heavy atom. The van der Waals surface area contributed by atoms with Crippen LogP contribution in [0.5, 0.6) is 0 Å². The van der Waals surface area contributed by atoms with E-state index in [9.17, 15) is 20.1 Å². The first kappa shape index (κ1) is 30.5. The van der Waals surface area contributed by atoms with Crippen molar-refractivity contribution in [1.82, 2.24) is 0 Å². The second kappa shape index (κ2) is 14.2. The molecule has 4 atom stereocenters. The summed E-state index contributed by atoms with van der Waals surface area (Å²) in [5.41, 5.74) is 4.21. The van der Waals surface area contributed by atoms with Crippen LogP contribution in [0.3, 0.4) is 0 Å². The SMILES string of the molecule is CC(C)=CCC/C(C)=C/CC(O)/C(C)=C/CC[C@@]1(C)[C@H](CCCO)/C(=C(/C)C=O)CC[C@]1(C)O. The van der Waals surface area contributed by atoms with Crippen molar-refractivity contribution in [3.63, 3.8) is 0 Å². The second-order valence-corrected chi connectivity index (χ2v) is 11.0. The molecule has 1 saturated carbocycles. The maximum atomic E-state index is 11.6. The molecule has 1 unspecified atom stereocenters. The van der Waals surface area contributed by atoms with Crippen molar-refractivity contribution in [2.75, 3.05) is 6.61 Å². The van der Waals surface area contributed by atoms with Gasteiger partial charge in [-0.1, -0.05) is 41.9 Å². The van der Waals surface area contributed by atoms with Gasteiger partial charge in [0.05, 0.1) is 11.7 Å². The van der Waals surface area contributed by atoms with Crippen molar-refractivity contribution in [3.05, 3.63) is 46.1 Å². The highest BCUT2D eigenvalue weighted by Gasteiger charge is 2.52. The number of hydrogen-bond acceptors (Lipinski definition) is 4. The average Bonchev–Trinajstić information content (AvgIpc) is 2.77. The highest BCUT2D eigenvalue weighted by atomic mass is 16.3. The van der Waals surface area contributed by atoms with Gasteiger partial charge in [0.2, 0.25) is 0 Å². The van der Waals surface area contributed by atoms with E-state index in [0.717, 1.165) is 61.5 Å². The molecule has 0 aromatic rings. The summed E-state index contributed by atoms with van der Waals surface area (Å²) in [5.74, 6) is 0.0543. The lowest BCUT2D eigenvalue weighted by Crippen LogP contribution is -2.52. The van der Waals surface area contributed by atoms with E-state index >= 15 is 0 Å². The summed E-state index contributed by atoms with van der Waals surface area (Å²) >= 11 is 0. The molecule has 194 valence electrons. The molecule has 1 fully saturated rings. The summed E-state index contributed by atoms with van der Waals surface area (Å²) in [6.07, 6.45) is 13.8. The molecule has 0 amide bonds. The first-order valence-corrected chi connectivity index (χ1v) is 13.0. The van der Waals surface area contributed by atoms with Gasteiger partial charge in [0.25, 0.3) is 0 Å². The van der Waals surface area contributed by atoms with Crippen LogP contribution < -0.4 is 0 Å². The zero-order valence-electron chi connectivity index (χ0n) is 22.8. The van der Waals surface area contributed by atoms with Crippen molar-refractivity contribution in [3.8, 4) is 0 Å². The Balaban J connectivity index is 2.92. The molecule has 1 aliphatic carbocycles. The third kappa shape index (κ3) is 8.62. The summed E-state index contributed by atoms with van der Waals surface area (Å²) in [6.45, 7) is 14.3. The monoisotopic (exact) mass is 474 g/mol. The number of hydrogen-bond donors (Lipinski definition) is 3. The van der Waals surface area contributed by atoms with E-state index < -0.39 is 17.1 Å². The molecule has 0 radical (unpaired) electrons. The van der Waals surface area contributed by atoms with Crippen LogP contribution in [0.2, 0.25) is 0 Å².